The zero-order valence-electron chi connectivity index (χ0n) is 17.7. The summed E-state index contributed by atoms with van der Waals surface area (Å²) in [7, 11) is 0. The van der Waals surface area contributed by atoms with Gasteiger partial charge in [0.2, 0.25) is 0 Å². The first kappa shape index (κ1) is 19.8. The van der Waals surface area contributed by atoms with E-state index in [4.69, 9.17) is 4.42 Å². The number of carbonyl (C=O) groups excluding carboxylic acids is 1. The van der Waals surface area contributed by atoms with Crippen molar-refractivity contribution in [3.05, 3.63) is 96.1 Å². The number of carbonyl (C=O) groups is 1. The van der Waals surface area contributed by atoms with E-state index in [9.17, 15) is 9.90 Å². The highest BCUT2D eigenvalue weighted by Crippen LogP contribution is 2.41. The summed E-state index contributed by atoms with van der Waals surface area (Å²) in [5.74, 6) is -1.09. The highest BCUT2D eigenvalue weighted by atomic mass is 16.3. The number of anilines is 1. The molecule has 7 heteroatoms. The maximum absolute atomic E-state index is 13.6. The standard InChI is InChI=1S/C25H22N4O3/c1-16-21(24(30)28(26-16)18-10-5-3-6-11-18)23(20-14-9-15-32-20)22-17(2)27-29(25(22)31)19-12-7-4-8-13-19/h3-15,21,23,31H,1-2H3. The highest BCUT2D eigenvalue weighted by molar-refractivity contribution is 6.11. The van der Waals surface area contributed by atoms with Gasteiger partial charge in [0, 0.05) is 6.92 Å². The minimum atomic E-state index is -0.624. The lowest BCUT2D eigenvalue weighted by Gasteiger charge is -2.23. The molecule has 0 saturated heterocycles. The maximum Gasteiger partial charge on any atom is 0.297 e. The van der Waals surface area contributed by atoms with Crippen LogP contribution in [0.2, 0.25) is 0 Å². The SMILES string of the molecule is CC1=[NH+]N(c2ccccc2)C(=O)C1C(c1ccco1)c1c(C)nn(-c2ccccc2)c1[O-]. The molecule has 1 aliphatic rings. The number of aryl methyl sites for hydroxylation is 1. The molecule has 1 amide bonds. The molecule has 160 valence electrons. The van der Waals surface area contributed by atoms with Crippen LogP contribution in [-0.2, 0) is 4.79 Å². The third-order valence-corrected chi connectivity index (χ3v) is 5.81. The van der Waals surface area contributed by atoms with Crippen LogP contribution in [0.5, 0.6) is 5.88 Å². The Morgan fingerprint density at radius 1 is 0.969 bits per heavy atom. The quantitative estimate of drug-likeness (QED) is 0.529. The Hall–Kier alpha value is -4.13. The average molecular weight is 426 g/mol. The maximum atomic E-state index is 13.6. The molecular weight excluding hydrogens is 404 g/mol. The summed E-state index contributed by atoms with van der Waals surface area (Å²) in [5.41, 5.74) is 3.17. The normalized spacial score (nSPS) is 16.9. The van der Waals surface area contributed by atoms with Crippen LogP contribution in [0.15, 0.2) is 83.5 Å². The van der Waals surface area contributed by atoms with Crippen LogP contribution >= 0.6 is 0 Å². The van der Waals surface area contributed by atoms with Gasteiger partial charge in [0.25, 0.3) is 5.91 Å². The van der Waals surface area contributed by atoms with E-state index in [0.29, 0.717) is 22.7 Å². The minimum Gasteiger partial charge on any atom is -0.858 e. The lowest BCUT2D eigenvalue weighted by Crippen LogP contribution is -2.81. The second-order valence-corrected chi connectivity index (χ2v) is 7.83. The van der Waals surface area contributed by atoms with Gasteiger partial charge in [0.15, 0.2) is 5.71 Å². The fraction of sp³-hybridized carbons (Fsp3) is 0.160. The van der Waals surface area contributed by atoms with Crippen LogP contribution in [0.4, 0.5) is 5.69 Å². The first-order chi connectivity index (χ1) is 15.6. The Bertz CT molecular complexity index is 1280. The predicted molar refractivity (Wildman–Crippen MR) is 117 cm³/mol. The predicted octanol–water partition coefficient (Wildman–Crippen LogP) is 2.10. The van der Waals surface area contributed by atoms with Crippen molar-refractivity contribution in [2.45, 2.75) is 19.8 Å². The third kappa shape index (κ3) is 3.19. The van der Waals surface area contributed by atoms with Crippen LogP contribution in [0.3, 0.4) is 0 Å². The lowest BCUT2D eigenvalue weighted by molar-refractivity contribution is -0.455. The molecule has 0 aliphatic carbocycles. The summed E-state index contributed by atoms with van der Waals surface area (Å²) in [6.07, 6.45) is 1.56. The number of furan rings is 1. The summed E-state index contributed by atoms with van der Waals surface area (Å²) < 4.78 is 7.12. The molecule has 7 nitrogen and oxygen atoms in total. The molecule has 2 unspecified atom stereocenters. The molecule has 0 fully saturated rings. The summed E-state index contributed by atoms with van der Waals surface area (Å²) >= 11 is 0. The number of hydrazone groups is 1. The van der Waals surface area contributed by atoms with E-state index in [1.165, 1.54) is 9.69 Å². The number of hydrazine groups is 1. The highest BCUT2D eigenvalue weighted by Gasteiger charge is 2.48. The summed E-state index contributed by atoms with van der Waals surface area (Å²) in [6, 6.07) is 22.2. The number of para-hydroxylation sites is 2. The van der Waals surface area contributed by atoms with Crippen molar-refractivity contribution in [2.75, 3.05) is 5.01 Å². The molecular formula is C25H22N4O3. The van der Waals surface area contributed by atoms with Crippen molar-refractivity contribution in [2.24, 2.45) is 5.92 Å². The van der Waals surface area contributed by atoms with E-state index < -0.39 is 11.8 Å². The molecule has 0 bridgehead atoms. The van der Waals surface area contributed by atoms with Crippen molar-refractivity contribution in [3.8, 4) is 11.6 Å². The number of aromatic nitrogens is 2. The summed E-state index contributed by atoms with van der Waals surface area (Å²) in [6.45, 7) is 3.66. The molecule has 32 heavy (non-hydrogen) atoms. The Morgan fingerprint density at radius 2 is 1.62 bits per heavy atom. The minimum absolute atomic E-state index is 0.152. The van der Waals surface area contributed by atoms with E-state index in [2.05, 4.69) is 10.2 Å². The molecule has 0 radical (unpaired) electrons. The second kappa shape index (κ2) is 7.85. The number of benzene rings is 2. The van der Waals surface area contributed by atoms with Crippen LogP contribution in [0.25, 0.3) is 5.69 Å². The van der Waals surface area contributed by atoms with Crippen molar-refractivity contribution >= 4 is 17.3 Å². The van der Waals surface area contributed by atoms with Crippen molar-refractivity contribution in [3.63, 3.8) is 0 Å². The molecule has 0 saturated carbocycles. The van der Waals surface area contributed by atoms with Gasteiger partial charge in [-0.15, -0.1) is 5.10 Å². The molecule has 5 rings (SSSR count). The molecule has 4 aromatic rings. The van der Waals surface area contributed by atoms with E-state index in [1.54, 1.807) is 25.3 Å². The first-order valence-corrected chi connectivity index (χ1v) is 10.4. The van der Waals surface area contributed by atoms with Gasteiger partial charge in [-0.25, -0.2) is 4.68 Å². The van der Waals surface area contributed by atoms with Gasteiger partial charge >= 0.3 is 0 Å². The van der Waals surface area contributed by atoms with Crippen LogP contribution in [-0.4, -0.2) is 21.4 Å². The Balaban J connectivity index is 1.63. The van der Waals surface area contributed by atoms with Crippen LogP contribution in [0.1, 0.15) is 29.9 Å². The number of nitrogens with zero attached hydrogens (tertiary/aromatic N) is 3. The Morgan fingerprint density at radius 3 is 2.25 bits per heavy atom. The van der Waals surface area contributed by atoms with Crippen molar-refractivity contribution in [1.82, 2.24) is 9.78 Å². The van der Waals surface area contributed by atoms with Crippen molar-refractivity contribution in [1.29, 1.82) is 0 Å². The molecule has 2 aromatic heterocycles. The average Bonchev–Trinajstić information content (AvgIpc) is 3.52. The van der Waals surface area contributed by atoms with Gasteiger partial charge in [0.05, 0.1) is 23.6 Å². The molecule has 0 spiro atoms. The number of nitrogens with one attached hydrogen (secondary N) is 1. The number of hydrogen-bond donors (Lipinski definition) is 1. The fourth-order valence-corrected chi connectivity index (χ4v) is 4.35. The zero-order chi connectivity index (χ0) is 22.2. The van der Waals surface area contributed by atoms with Gasteiger partial charge in [-0.1, -0.05) is 41.4 Å². The number of hydrogen-bond acceptors (Lipinski definition) is 4. The van der Waals surface area contributed by atoms with Crippen molar-refractivity contribution < 1.29 is 19.4 Å². The Kier molecular flexibility index (Phi) is 4.86. The first-order valence-electron chi connectivity index (χ1n) is 10.4. The molecule has 2 aromatic carbocycles. The van der Waals surface area contributed by atoms with Crippen LogP contribution < -0.4 is 15.2 Å². The number of rotatable bonds is 5. The van der Waals surface area contributed by atoms with E-state index in [-0.39, 0.29) is 11.8 Å². The lowest BCUT2D eigenvalue weighted by atomic mass is 9.81. The van der Waals surface area contributed by atoms with E-state index >= 15 is 0 Å². The smallest absolute Gasteiger partial charge is 0.297 e. The summed E-state index contributed by atoms with van der Waals surface area (Å²) in [5, 5.41) is 22.8. The molecule has 1 aliphatic heterocycles. The molecule has 2 atom stereocenters. The van der Waals surface area contributed by atoms with Crippen LogP contribution in [0, 0.1) is 12.8 Å². The number of amides is 1. The van der Waals surface area contributed by atoms with Gasteiger partial charge in [0.1, 0.15) is 17.4 Å². The monoisotopic (exact) mass is 426 g/mol. The second-order valence-electron chi connectivity index (χ2n) is 7.83. The molecule has 1 N–H and O–H groups in total. The van der Waals surface area contributed by atoms with Gasteiger partial charge in [-0.2, -0.15) is 5.10 Å². The molecule has 3 heterocycles. The van der Waals surface area contributed by atoms with Gasteiger partial charge in [-0.05, 0) is 54.8 Å². The largest absolute Gasteiger partial charge is 0.858 e. The van der Waals surface area contributed by atoms with E-state index in [0.717, 1.165) is 11.4 Å². The van der Waals surface area contributed by atoms with E-state index in [1.807, 2.05) is 67.6 Å². The topological polar surface area (TPSA) is 88.3 Å². The zero-order valence-corrected chi connectivity index (χ0v) is 17.7. The summed E-state index contributed by atoms with van der Waals surface area (Å²) in [4.78, 5) is 13.6. The van der Waals surface area contributed by atoms with Gasteiger partial charge in [-0.3, -0.25) is 4.79 Å². The Labute approximate surface area is 185 Å². The van der Waals surface area contributed by atoms with Gasteiger partial charge < -0.3 is 9.52 Å². The fourth-order valence-electron chi connectivity index (χ4n) is 4.35. The third-order valence-electron chi connectivity index (χ3n) is 5.81.